The lowest BCUT2D eigenvalue weighted by molar-refractivity contribution is 0.140. The van der Waals surface area contributed by atoms with E-state index < -0.39 is 0 Å². The molecule has 0 saturated carbocycles. The zero-order valence-electron chi connectivity index (χ0n) is 14.7. The molecule has 0 aliphatic carbocycles. The van der Waals surface area contributed by atoms with Gasteiger partial charge in [0, 0.05) is 31.9 Å². The van der Waals surface area contributed by atoms with E-state index in [0.29, 0.717) is 24.4 Å². The van der Waals surface area contributed by atoms with Gasteiger partial charge in [0.2, 0.25) is 5.89 Å². The molecule has 0 bridgehead atoms. The number of anilines is 1. The molecule has 3 rings (SSSR count). The molecular weight excluding hydrogens is 304 g/mol. The molecule has 0 amide bonds. The molecule has 0 spiro atoms. The van der Waals surface area contributed by atoms with Crippen molar-refractivity contribution in [2.75, 3.05) is 25.5 Å². The SMILES string of the molecule is COCc1noc(C(C)N2CCC(Nc3cccc(C)c3)CC2)n1. The minimum atomic E-state index is 0.142. The maximum atomic E-state index is 5.37. The molecule has 1 aromatic heterocycles. The van der Waals surface area contributed by atoms with Crippen LogP contribution in [0.3, 0.4) is 0 Å². The van der Waals surface area contributed by atoms with Crippen LogP contribution in [0.5, 0.6) is 0 Å². The molecule has 1 aliphatic rings. The first-order chi connectivity index (χ1) is 11.7. The number of nitrogens with one attached hydrogen (secondary N) is 1. The molecule has 2 aromatic rings. The van der Waals surface area contributed by atoms with Gasteiger partial charge in [0.25, 0.3) is 0 Å². The van der Waals surface area contributed by atoms with Gasteiger partial charge in [-0.05, 0) is 44.4 Å². The molecule has 2 heterocycles. The first kappa shape index (κ1) is 16.9. The minimum Gasteiger partial charge on any atom is -0.382 e. The Kier molecular flexibility index (Phi) is 5.48. The van der Waals surface area contributed by atoms with Crippen LogP contribution in [0.4, 0.5) is 5.69 Å². The number of ether oxygens (including phenoxy) is 1. The number of piperidine rings is 1. The molecule has 1 aliphatic heterocycles. The highest BCUT2D eigenvalue weighted by Crippen LogP contribution is 2.25. The normalized spacial score (nSPS) is 17.8. The monoisotopic (exact) mass is 330 g/mol. The molecule has 1 atom stereocenters. The molecule has 6 heteroatoms. The third-order valence-corrected chi connectivity index (χ3v) is 4.58. The number of likely N-dealkylation sites (tertiary alicyclic amines) is 1. The fraction of sp³-hybridized carbons (Fsp3) is 0.556. The number of benzene rings is 1. The van der Waals surface area contributed by atoms with Crippen molar-refractivity contribution in [3.05, 3.63) is 41.5 Å². The largest absolute Gasteiger partial charge is 0.382 e. The zero-order chi connectivity index (χ0) is 16.9. The number of aromatic nitrogens is 2. The van der Waals surface area contributed by atoms with Gasteiger partial charge in [0.05, 0.1) is 6.04 Å². The predicted molar refractivity (Wildman–Crippen MR) is 92.8 cm³/mol. The van der Waals surface area contributed by atoms with E-state index in [1.807, 2.05) is 0 Å². The molecule has 1 fully saturated rings. The summed E-state index contributed by atoms with van der Waals surface area (Å²) < 4.78 is 10.4. The number of methoxy groups -OCH3 is 1. The average molecular weight is 330 g/mol. The minimum absolute atomic E-state index is 0.142. The van der Waals surface area contributed by atoms with Crippen LogP contribution in [0.2, 0.25) is 0 Å². The summed E-state index contributed by atoms with van der Waals surface area (Å²) in [5, 5.41) is 7.60. The van der Waals surface area contributed by atoms with Gasteiger partial charge < -0.3 is 14.6 Å². The van der Waals surface area contributed by atoms with Crippen molar-refractivity contribution in [3.8, 4) is 0 Å². The molecule has 1 N–H and O–H groups in total. The smallest absolute Gasteiger partial charge is 0.243 e. The second kappa shape index (κ2) is 7.77. The standard InChI is InChI=1S/C18H26N4O2/c1-13-5-4-6-16(11-13)19-15-7-9-22(10-8-15)14(2)18-20-17(12-23-3)21-24-18/h4-6,11,14-15,19H,7-10,12H2,1-3H3. The van der Waals surface area contributed by atoms with Crippen molar-refractivity contribution < 1.29 is 9.26 Å². The first-order valence-electron chi connectivity index (χ1n) is 8.54. The van der Waals surface area contributed by atoms with E-state index in [1.54, 1.807) is 7.11 Å². The molecule has 1 unspecified atom stereocenters. The predicted octanol–water partition coefficient (Wildman–Crippen LogP) is 3.16. The lowest BCUT2D eigenvalue weighted by Gasteiger charge is -2.35. The average Bonchev–Trinajstić information content (AvgIpc) is 3.04. The van der Waals surface area contributed by atoms with Gasteiger partial charge >= 0.3 is 0 Å². The summed E-state index contributed by atoms with van der Waals surface area (Å²) in [6.07, 6.45) is 2.22. The van der Waals surface area contributed by atoms with Gasteiger partial charge in [-0.2, -0.15) is 4.98 Å². The Hall–Kier alpha value is -1.92. The number of nitrogens with zero attached hydrogens (tertiary/aromatic N) is 3. The summed E-state index contributed by atoms with van der Waals surface area (Å²) in [5.41, 5.74) is 2.50. The second-order valence-electron chi connectivity index (χ2n) is 6.48. The molecule has 24 heavy (non-hydrogen) atoms. The van der Waals surface area contributed by atoms with E-state index in [4.69, 9.17) is 9.26 Å². The fourth-order valence-corrected chi connectivity index (χ4v) is 3.18. The van der Waals surface area contributed by atoms with E-state index in [0.717, 1.165) is 25.9 Å². The Balaban J connectivity index is 1.52. The summed E-state index contributed by atoms with van der Waals surface area (Å²) in [6.45, 7) is 6.67. The van der Waals surface area contributed by atoms with Crippen LogP contribution < -0.4 is 5.32 Å². The summed E-state index contributed by atoms with van der Waals surface area (Å²) >= 11 is 0. The molecule has 1 saturated heterocycles. The van der Waals surface area contributed by atoms with E-state index in [2.05, 4.69) is 58.5 Å². The van der Waals surface area contributed by atoms with E-state index in [9.17, 15) is 0 Å². The fourth-order valence-electron chi connectivity index (χ4n) is 3.18. The molecule has 130 valence electrons. The van der Waals surface area contributed by atoms with Gasteiger partial charge in [-0.15, -0.1) is 0 Å². The van der Waals surface area contributed by atoms with Crippen molar-refractivity contribution >= 4 is 5.69 Å². The molecule has 6 nitrogen and oxygen atoms in total. The van der Waals surface area contributed by atoms with Crippen molar-refractivity contribution in [1.29, 1.82) is 0 Å². The highest BCUT2D eigenvalue weighted by molar-refractivity contribution is 5.46. The maximum absolute atomic E-state index is 5.37. The van der Waals surface area contributed by atoms with Gasteiger partial charge in [-0.25, -0.2) is 0 Å². The third-order valence-electron chi connectivity index (χ3n) is 4.58. The Morgan fingerprint density at radius 1 is 1.38 bits per heavy atom. The number of rotatable bonds is 6. The quantitative estimate of drug-likeness (QED) is 0.878. The van der Waals surface area contributed by atoms with Crippen LogP contribution in [-0.4, -0.2) is 41.3 Å². The van der Waals surface area contributed by atoms with Gasteiger partial charge in [-0.1, -0.05) is 17.3 Å². The highest BCUT2D eigenvalue weighted by atomic mass is 16.5. The highest BCUT2D eigenvalue weighted by Gasteiger charge is 2.26. The van der Waals surface area contributed by atoms with E-state index in [-0.39, 0.29) is 6.04 Å². The van der Waals surface area contributed by atoms with Crippen LogP contribution in [0.15, 0.2) is 28.8 Å². The zero-order valence-corrected chi connectivity index (χ0v) is 14.7. The van der Waals surface area contributed by atoms with Crippen molar-refractivity contribution in [2.24, 2.45) is 0 Å². The number of hydrogen-bond acceptors (Lipinski definition) is 6. The summed E-state index contributed by atoms with van der Waals surface area (Å²) in [4.78, 5) is 6.81. The van der Waals surface area contributed by atoms with Gasteiger partial charge in [0.15, 0.2) is 5.82 Å². The Morgan fingerprint density at radius 2 is 2.17 bits per heavy atom. The van der Waals surface area contributed by atoms with Crippen molar-refractivity contribution in [3.63, 3.8) is 0 Å². The molecule has 0 radical (unpaired) electrons. The van der Waals surface area contributed by atoms with Crippen molar-refractivity contribution in [2.45, 2.75) is 45.4 Å². The second-order valence-corrected chi connectivity index (χ2v) is 6.48. The Labute approximate surface area is 143 Å². The number of aryl methyl sites for hydroxylation is 1. The van der Waals surface area contributed by atoms with Gasteiger partial charge in [0.1, 0.15) is 6.61 Å². The number of hydrogen-bond donors (Lipinski definition) is 1. The lowest BCUT2D eigenvalue weighted by atomic mass is 10.0. The Morgan fingerprint density at radius 3 is 2.88 bits per heavy atom. The molecule has 1 aromatic carbocycles. The Bertz CT molecular complexity index is 650. The van der Waals surface area contributed by atoms with Crippen LogP contribution in [0, 0.1) is 6.92 Å². The van der Waals surface area contributed by atoms with Gasteiger partial charge in [-0.3, -0.25) is 4.90 Å². The lowest BCUT2D eigenvalue weighted by Crippen LogP contribution is -2.40. The summed E-state index contributed by atoms with van der Waals surface area (Å²) in [6, 6.07) is 9.22. The summed E-state index contributed by atoms with van der Waals surface area (Å²) in [7, 11) is 1.63. The van der Waals surface area contributed by atoms with Crippen LogP contribution >= 0.6 is 0 Å². The van der Waals surface area contributed by atoms with Crippen LogP contribution in [-0.2, 0) is 11.3 Å². The van der Waals surface area contributed by atoms with Crippen LogP contribution in [0.25, 0.3) is 0 Å². The summed E-state index contributed by atoms with van der Waals surface area (Å²) in [5.74, 6) is 1.28. The third kappa shape index (κ3) is 4.13. The van der Waals surface area contributed by atoms with Crippen molar-refractivity contribution in [1.82, 2.24) is 15.0 Å². The first-order valence-corrected chi connectivity index (χ1v) is 8.54. The van der Waals surface area contributed by atoms with E-state index in [1.165, 1.54) is 11.3 Å². The molecular formula is C18H26N4O2. The van der Waals surface area contributed by atoms with Crippen LogP contribution in [0.1, 0.15) is 43.1 Å². The maximum Gasteiger partial charge on any atom is 0.243 e. The topological polar surface area (TPSA) is 63.4 Å². The van der Waals surface area contributed by atoms with E-state index >= 15 is 0 Å².